The zero-order valence-corrected chi connectivity index (χ0v) is 16.5. The van der Waals surface area contributed by atoms with Crippen molar-refractivity contribution < 1.29 is 14.2 Å². The fourth-order valence-electron chi connectivity index (χ4n) is 4.60. The number of aromatic nitrogens is 3. The zero-order chi connectivity index (χ0) is 20.1. The third-order valence-corrected chi connectivity index (χ3v) is 6.27. The molecule has 1 N–H and O–H groups in total. The molecule has 1 atom stereocenters. The normalized spacial score (nSPS) is 19.4. The summed E-state index contributed by atoms with van der Waals surface area (Å²) in [7, 11) is 0. The van der Waals surface area contributed by atoms with Gasteiger partial charge in [-0.2, -0.15) is 5.01 Å². The smallest absolute Gasteiger partial charge is 0.316 e. The van der Waals surface area contributed by atoms with Gasteiger partial charge in [0, 0.05) is 35.9 Å². The minimum absolute atomic E-state index is 0.181. The molecule has 0 amide bonds. The van der Waals surface area contributed by atoms with Gasteiger partial charge in [-0.1, -0.05) is 4.68 Å². The molecule has 7 nitrogen and oxygen atoms in total. The molecule has 0 radical (unpaired) electrons. The summed E-state index contributed by atoms with van der Waals surface area (Å²) < 4.78 is 7.37. The Balaban J connectivity index is 1.25. The summed E-state index contributed by atoms with van der Waals surface area (Å²) in [6.45, 7) is 1.70. The van der Waals surface area contributed by atoms with Gasteiger partial charge in [0.25, 0.3) is 0 Å². The third kappa shape index (κ3) is 2.98. The summed E-state index contributed by atoms with van der Waals surface area (Å²) in [4.78, 5) is 20.6. The summed E-state index contributed by atoms with van der Waals surface area (Å²) in [5.74, 6) is 0.489. The summed E-state index contributed by atoms with van der Waals surface area (Å²) in [5, 5.41) is 5.90. The fourth-order valence-corrected chi connectivity index (χ4v) is 4.60. The number of nitrogens with zero attached hydrogens (tertiary/aromatic N) is 4. The van der Waals surface area contributed by atoms with E-state index in [4.69, 9.17) is 9.72 Å². The zero-order valence-electron chi connectivity index (χ0n) is 16.5. The quantitative estimate of drug-likeness (QED) is 0.524. The van der Waals surface area contributed by atoms with Crippen LogP contribution in [0.25, 0.3) is 0 Å². The van der Waals surface area contributed by atoms with Crippen molar-refractivity contribution in [3.05, 3.63) is 77.1 Å². The number of fused-ring (bicyclic) bond motifs is 3. The summed E-state index contributed by atoms with van der Waals surface area (Å²) in [5.41, 5.74) is 7.09. The highest BCUT2D eigenvalue weighted by Gasteiger charge is 2.28. The van der Waals surface area contributed by atoms with E-state index in [2.05, 4.69) is 21.4 Å². The van der Waals surface area contributed by atoms with Crippen LogP contribution in [0.4, 0.5) is 5.69 Å². The van der Waals surface area contributed by atoms with Crippen LogP contribution in [0.2, 0.25) is 0 Å². The van der Waals surface area contributed by atoms with Crippen molar-refractivity contribution in [3.63, 3.8) is 0 Å². The van der Waals surface area contributed by atoms with Gasteiger partial charge in [0.2, 0.25) is 11.9 Å². The molecule has 1 unspecified atom stereocenters. The van der Waals surface area contributed by atoms with Gasteiger partial charge in [-0.3, -0.25) is 14.8 Å². The van der Waals surface area contributed by atoms with Gasteiger partial charge in [-0.25, -0.2) is 0 Å². The number of aryl methyl sites for hydroxylation is 1. The molecule has 0 bridgehead atoms. The molecule has 30 heavy (non-hydrogen) atoms. The van der Waals surface area contributed by atoms with Crippen LogP contribution in [0.15, 0.2) is 49.2 Å². The van der Waals surface area contributed by atoms with Gasteiger partial charge < -0.3 is 10.1 Å². The second-order valence-corrected chi connectivity index (χ2v) is 8.15. The molecule has 150 valence electrons. The first-order valence-electron chi connectivity index (χ1n) is 10.4. The number of carbonyl (C=O) groups excluding carboxylic acids is 1. The first kappa shape index (κ1) is 17.4. The SMILES string of the molecule is O=C1Cc2cc[n+](N3CCc4cnc(C5CCc6cnccc6N5)cc4C3)cc2O1. The number of pyridine rings is 3. The number of nitrogens with one attached hydrogen (secondary N) is 1. The Bertz CT molecular complexity index is 1160. The molecule has 0 aromatic carbocycles. The van der Waals surface area contributed by atoms with E-state index in [-0.39, 0.29) is 12.0 Å². The standard InChI is InChI=1S/C23H22N5O2/c29-23-10-15-4-7-28(14-22(15)30-23)27-8-5-16-12-25-21(9-18(16)13-27)20-2-1-17-11-24-6-3-19(17)26-20/h3-4,6-7,9,11-12,14,20,26H,1-2,5,8,10,13H2/q+1. The van der Waals surface area contributed by atoms with Gasteiger partial charge in [0.05, 0.1) is 31.2 Å². The van der Waals surface area contributed by atoms with Crippen LogP contribution in [0.3, 0.4) is 0 Å². The lowest BCUT2D eigenvalue weighted by atomic mass is 9.95. The van der Waals surface area contributed by atoms with Gasteiger partial charge in [-0.05, 0) is 48.1 Å². The predicted octanol–water partition coefficient (Wildman–Crippen LogP) is 2.02. The molecule has 0 saturated carbocycles. The Hall–Kier alpha value is -3.48. The molecule has 3 aliphatic heterocycles. The third-order valence-electron chi connectivity index (χ3n) is 6.27. The van der Waals surface area contributed by atoms with Crippen molar-refractivity contribution in [3.8, 4) is 5.75 Å². The molecule has 6 rings (SSSR count). The number of hydrogen-bond acceptors (Lipinski definition) is 6. The van der Waals surface area contributed by atoms with E-state index < -0.39 is 0 Å². The molecule has 0 fully saturated rings. The van der Waals surface area contributed by atoms with Crippen molar-refractivity contribution in [2.75, 3.05) is 16.9 Å². The van der Waals surface area contributed by atoms with Crippen molar-refractivity contribution in [2.24, 2.45) is 0 Å². The Morgan fingerprint density at radius 1 is 1.13 bits per heavy atom. The van der Waals surface area contributed by atoms with Crippen LogP contribution in [0, 0.1) is 0 Å². The lowest BCUT2D eigenvalue weighted by molar-refractivity contribution is -0.696. The van der Waals surface area contributed by atoms with E-state index >= 15 is 0 Å². The Kier molecular flexibility index (Phi) is 3.94. The Labute approximate surface area is 174 Å². The molecule has 0 saturated heterocycles. The van der Waals surface area contributed by atoms with Crippen LogP contribution in [-0.2, 0) is 30.6 Å². The van der Waals surface area contributed by atoms with Crippen molar-refractivity contribution in [1.82, 2.24) is 9.97 Å². The highest BCUT2D eigenvalue weighted by molar-refractivity contribution is 5.80. The lowest BCUT2D eigenvalue weighted by Crippen LogP contribution is -2.59. The van der Waals surface area contributed by atoms with E-state index in [0.717, 1.165) is 49.3 Å². The predicted molar refractivity (Wildman–Crippen MR) is 110 cm³/mol. The van der Waals surface area contributed by atoms with E-state index in [0.29, 0.717) is 12.2 Å². The lowest BCUT2D eigenvalue weighted by Gasteiger charge is -2.29. The number of anilines is 1. The molecule has 0 spiro atoms. The number of esters is 1. The second kappa shape index (κ2) is 6.79. The molecule has 7 heteroatoms. The molecule has 6 heterocycles. The summed E-state index contributed by atoms with van der Waals surface area (Å²) in [6, 6.07) is 6.48. The van der Waals surface area contributed by atoms with E-state index in [9.17, 15) is 4.79 Å². The highest BCUT2D eigenvalue weighted by Crippen LogP contribution is 2.32. The fraction of sp³-hybridized carbons (Fsp3) is 0.304. The monoisotopic (exact) mass is 400 g/mol. The summed E-state index contributed by atoms with van der Waals surface area (Å²) in [6.07, 6.45) is 13.1. The second-order valence-electron chi connectivity index (χ2n) is 8.15. The average molecular weight is 400 g/mol. The van der Waals surface area contributed by atoms with Gasteiger partial charge in [0.15, 0.2) is 6.20 Å². The molecule has 3 aromatic heterocycles. The van der Waals surface area contributed by atoms with E-state index in [1.807, 2.05) is 47.8 Å². The van der Waals surface area contributed by atoms with Crippen molar-refractivity contribution in [2.45, 2.75) is 38.3 Å². The maximum atomic E-state index is 11.6. The topological polar surface area (TPSA) is 71.2 Å². The first-order chi connectivity index (χ1) is 14.7. The van der Waals surface area contributed by atoms with Gasteiger partial charge >= 0.3 is 5.97 Å². The van der Waals surface area contributed by atoms with Crippen LogP contribution >= 0.6 is 0 Å². The van der Waals surface area contributed by atoms with Crippen LogP contribution in [0.1, 0.15) is 40.4 Å². The van der Waals surface area contributed by atoms with Gasteiger partial charge in [0.1, 0.15) is 0 Å². The minimum atomic E-state index is -0.181. The number of ether oxygens (including phenoxy) is 1. The number of carbonyl (C=O) groups is 1. The molecule has 3 aromatic rings. The van der Waals surface area contributed by atoms with E-state index in [1.165, 1.54) is 16.7 Å². The van der Waals surface area contributed by atoms with Crippen molar-refractivity contribution in [1.29, 1.82) is 0 Å². The highest BCUT2D eigenvalue weighted by atomic mass is 16.5. The van der Waals surface area contributed by atoms with Crippen LogP contribution < -0.4 is 19.7 Å². The number of rotatable bonds is 2. The Morgan fingerprint density at radius 3 is 3.07 bits per heavy atom. The molecule has 3 aliphatic rings. The van der Waals surface area contributed by atoms with Gasteiger partial charge in [-0.15, -0.1) is 0 Å². The van der Waals surface area contributed by atoms with E-state index in [1.54, 1.807) is 0 Å². The van der Waals surface area contributed by atoms with Crippen LogP contribution in [0.5, 0.6) is 5.75 Å². The van der Waals surface area contributed by atoms with Crippen LogP contribution in [-0.4, -0.2) is 22.5 Å². The molecule has 0 aliphatic carbocycles. The molecular formula is C23H22N5O2+. The average Bonchev–Trinajstić information content (AvgIpc) is 3.17. The molecular weight excluding hydrogens is 378 g/mol. The number of hydrogen-bond donors (Lipinski definition) is 1. The van der Waals surface area contributed by atoms with Crippen molar-refractivity contribution >= 4 is 11.7 Å². The minimum Gasteiger partial charge on any atom is -0.419 e. The largest absolute Gasteiger partial charge is 0.419 e. The Morgan fingerprint density at radius 2 is 2.10 bits per heavy atom. The maximum Gasteiger partial charge on any atom is 0.316 e. The maximum absolute atomic E-state index is 11.6. The first-order valence-corrected chi connectivity index (χ1v) is 10.4. The summed E-state index contributed by atoms with van der Waals surface area (Å²) >= 11 is 0.